The van der Waals surface area contributed by atoms with Crippen molar-refractivity contribution in [3.63, 3.8) is 0 Å². The number of nitrogens with zero attached hydrogens (tertiary/aromatic N) is 3. The SMILES string of the molecule is Cc1cc(/C=C2\SC(=Nc3ccccc3)N(c3ccccc3)C2=O)c(C)n1-c1sc2c(c1C(=O)Nc1ccccc1)CCCC2. The standard InChI is InChI=1S/C37H32N4O2S2/c1-24-22-26(23-32-35(43)41(29-18-10-5-11-19-29)37(45-32)39-28-16-8-4-9-17-28)25(2)40(24)36-33(30-20-12-13-21-31(30)44-36)34(42)38-27-14-6-3-7-15-27/h3-11,14-19,22-23H,12-13,20-21H2,1-2H3,(H,38,42)/b32-23-,39-37?. The Kier molecular flexibility index (Phi) is 8.00. The van der Waals surface area contributed by atoms with Crippen LogP contribution in [0.4, 0.5) is 17.1 Å². The number of rotatable bonds is 6. The number of thioether (sulfide) groups is 1. The number of hydrogen-bond acceptors (Lipinski definition) is 5. The minimum Gasteiger partial charge on any atom is -0.322 e. The molecule has 0 atom stereocenters. The lowest BCUT2D eigenvalue weighted by molar-refractivity contribution is -0.113. The molecule has 2 aromatic heterocycles. The van der Waals surface area contributed by atoms with E-state index in [1.165, 1.54) is 22.2 Å². The minimum atomic E-state index is -0.111. The maximum Gasteiger partial charge on any atom is 0.271 e. The van der Waals surface area contributed by atoms with E-state index in [4.69, 9.17) is 4.99 Å². The highest BCUT2D eigenvalue weighted by molar-refractivity contribution is 8.19. The van der Waals surface area contributed by atoms with Crippen molar-refractivity contribution in [2.45, 2.75) is 39.5 Å². The topological polar surface area (TPSA) is 66.7 Å². The third kappa shape index (κ3) is 5.67. The molecule has 0 radical (unpaired) electrons. The summed E-state index contributed by atoms with van der Waals surface area (Å²) in [4.78, 5) is 36.2. The van der Waals surface area contributed by atoms with Crippen molar-refractivity contribution in [1.82, 2.24) is 4.57 Å². The van der Waals surface area contributed by atoms with Crippen molar-refractivity contribution in [2.24, 2.45) is 4.99 Å². The number of thiophene rings is 1. The number of amidine groups is 1. The molecular weight excluding hydrogens is 597 g/mol. The zero-order valence-corrected chi connectivity index (χ0v) is 26.8. The zero-order valence-electron chi connectivity index (χ0n) is 25.1. The van der Waals surface area contributed by atoms with Crippen LogP contribution in [0.2, 0.25) is 0 Å². The fourth-order valence-corrected chi connectivity index (χ4v) is 8.50. The molecule has 3 aromatic carbocycles. The molecule has 0 spiro atoms. The van der Waals surface area contributed by atoms with Crippen molar-refractivity contribution in [3.05, 3.63) is 135 Å². The first-order valence-corrected chi connectivity index (χ1v) is 16.7. The largest absolute Gasteiger partial charge is 0.322 e. The van der Waals surface area contributed by atoms with Crippen LogP contribution in [-0.2, 0) is 17.6 Å². The minimum absolute atomic E-state index is 0.0789. The van der Waals surface area contributed by atoms with Crippen LogP contribution in [0.1, 0.15) is 50.6 Å². The van der Waals surface area contributed by atoms with Gasteiger partial charge >= 0.3 is 0 Å². The summed E-state index contributed by atoms with van der Waals surface area (Å²) in [6.45, 7) is 4.13. The van der Waals surface area contributed by atoms with Crippen molar-refractivity contribution in [1.29, 1.82) is 0 Å². The van der Waals surface area contributed by atoms with Crippen molar-refractivity contribution in [3.8, 4) is 5.00 Å². The summed E-state index contributed by atoms with van der Waals surface area (Å²) in [6.07, 6.45) is 6.08. The fourth-order valence-electron chi connectivity index (χ4n) is 6.01. The number of fused-ring (bicyclic) bond motifs is 1. The molecule has 2 aliphatic rings. The summed E-state index contributed by atoms with van der Waals surface area (Å²) in [5.41, 5.74) is 7.22. The van der Waals surface area contributed by atoms with Crippen LogP contribution in [0.15, 0.2) is 107 Å². The van der Waals surface area contributed by atoms with Crippen LogP contribution in [-0.4, -0.2) is 21.5 Å². The summed E-state index contributed by atoms with van der Waals surface area (Å²) in [5.74, 6) is -0.190. The molecule has 45 heavy (non-hydrogen) atoms. The maximum absolute atomic E-state index is 13.9. The first-order chi connectivity index (χ1) is 22.0. The van der Waals surface area contributed by atoms with E-state index in [1.807, 2.05) is 97.1 Å². The third-order valence-electron chi connectivity index (χ3n) is 8.17. The highest BCUT2D eigenvalue weighted by Gasteiger charge is 2.35. The molecular formula is C37H32N4O2S2. The molecule has 3 heterocycles. The van der Waals surface area contributed by atoms with Crippen LogP contribution in [0, 0.1) is 13.8 Å². The molecule has 8 heteroatoms. The van der Waals surface area contributed by atoms with Gasteiger partial charge in [-0.05, 0) is 111 Å². The first-order valence-electron chi connectivity index (χ1n) is 15.1. The number of hydrogen-bond donors (Lipinski definition) is 1. The van der Waals surface area contributed by atoms with Crippen molar-refractivity contribution in [2.75, 3.05) is 10.2 Å². The smallest absolute Gasteiger partial charge is 0.271 e. The number of para-hydroxylation sites is 3. The number of amides is 2. The van der Waals surface area contributed by atoms with Crippen LogP contribution >= 0.6 is 23.1 Å². The molecule has 0 saturated carbocycles. The lowest BCUT2D eigenvalue weighted by atomic mass is 9.95. The van der Waals surface area contributed by atoms with E-state index < -0.39 is 0 Å². The number of aryl methyl sites for hydroxylation is 2. The second-order valence-electron chi connectivity index (χ2n) is 11.2. The summed E-state index contributed by atoms with van der Waals surface area (Å²) in [6, 6.07) is 31.1. The van der Waals surface area contributed by atoms with Gasteiger partial charge in [0.25, 0.3) is 11.8 Å². The highest BCUT2D eigenvalue weighted by atomic mass is 32.2. The summed E-state index contributed by atoms with van der Waals surface area (Å²) in [5, 5.41) is 4.69. The quantitative estimate of drug-likeness (QED) is 0.191. The summed E-state index contributed by atoms with van der Waals surface area (Å²) >= 11 is 3.10. The second kappa shape index (κ2) is 12.4. The molecule has 1 saturated heterocycles. The van der Waals surface area contributed by atoms with E-state index in [2.05, 4.69) is 29.8 Å². The lowest BCUT2D eigenvalue weighted by Crippen LogP contribution is -2.28. The van der Waals surface area contributed by atoms with Gasteiger partial charge in [0.05, 0.1) is 21.8 Å². The molecule has 7 rings (SSSR count). The number of carbonyl (C=O) groups is 2. The molecule has 6 nitrogen and oxygen atoms in total. The predicted molar refractivity (Wildman–Crippen MR) is 187 cm³/mol. The average Bonchev–Trinajstić information content (AvgIpc) is 3.68. The molecule has 2 amide bonds. The normalized spacial score (nSPS) is 16.4. The van der Waals surface area contributed by atoms with E-state index in [9.17, 15) is 9.59 Å². The number of anilines is 2. The number of benzene rings is 3. The molecule has 5 aromatic rings. The van der Waals surface area contributed by atoms with Crippen LogP contribution in [0.5, 0.6) is 0 Å². The van der Waals surface area contributed by atoms with Gasteiger partial charge in [-0.3, -0.25) is 14.5 Å². The van der Waals surface area contributed by atoms with E-state index in [0.29, 0.717) is 10.1 Å². The van der Waals surface area contributed by atoms with Gasteiger partial charge in [-0.2, -0.15) is 0 Å². The van der Waals surface area contributed by atoms with Crippen LogP contribution < -0.4 is 10.2 Å². The first kappa shape index (κ1) is 29.1. The second-order valence-corrected chi connectivity index (χ2v) is 13.3. The molecule has 0 unspecified atom stereocenters. The molecule has 1 aliphatic heterocycles. The van der Waals surface area contributed by atoms with Gasteiger partial charge in [0, 0.05) is 22.0 Å². The highest BCUT2D eigenvalue weighted by Crippen LogP contribution is 2.41. The maximum atomic E-state index is 13.9. The monoisotopic (exact) mass is 628 g/mol. The average molecular weight is 629 g/mol. The number of nitrogens with one attached hydrogen (secondary N) is 1. The van der Waals surface area contributed by atoms with E-state index in [1.54, 1.807) is 16.2 Å². The van der Waals surface area contributed by atoms with Crippen molar-refractivity contribution >= 4 is 63.2 Å². The van der Waals surface area contributed by atoms with Gasteiger partial charge < -0.3 is 9.88 Å². The summed E-state index contributed by atoms with van der Waals surface area (Å²) < 4.78 is 2.19. The Morgan fingerprint density at radius 1 is 0.889 bits per heavy atom. The number of carbonyl (C=O) groups excluding carboxylic acids is 2. The Morgan fingerprint density at radius 2 is 1.56 bits per heavy atom. The lowest BCUT2D eigenvalue weighted by Gasteiger charge is -2.15. The Morgan fingerprint density at radius 3 is 2.29 bits per heavy atom. The Bertz CT molecular complexity index is 1960. The molecule has 1 fully saturated rings. The zero-order chi connectivity index (χ0) is 30.9. The predicted octanol–water partition coefficient (Wildman–Crippen LogP) is 9.10. The summed E-state index contributed by atoms with van der Waals surface area (Å²) in [7, 11) is 0. The van der Waals surface area contributed by atoms with Gasteiger partial charge in [0.2, 0.25) is 0 Å². The van der Waals surface area contributed by atoms with Crippen molar-refractivity contribution < 1.29 is 9.59 Å². The number of aliphatic imine (C=N–C) groups is 1. The van der Waals surface area contributed by atoms with Gasteiger partial charge in [0.15, 0.2) is 5.17 Å². The molecule has 1 N–H and O–H groups in total. The van der Waals surface area contributed by atoms with E-state index in [-0.39, 0.29) is 11.8 Å². The van der Waals surface area contributed by atoms with Gasteiger partial charge in [0.1, 0.15) is 5.00 Å². The fraction of sp³-hybridized carbons (Fsp3) is 0.162. The Labute approximate surface area is 271 Å². The van der Waals surface area contributed by atoms with Crippen LogP contribution in [0.25, 0.3) is 11.1 Å². The van der Waals surface area contributed by atoms with Gasteiger partial charge in [-0.1, -0.05) is 54.6 Å². The molecule has 0 bridgehead atoms. The third-order valence-corrected chi connectivity index (χ3v) is 10.4. The number of aromatic nitrogens is 1. The van der Waals surface area contributed by atoms with Gasteiger partial charge in [-0.15, -0.1) is 11.3 Å². The molecule has 1 aliphatic carbocycles. The Hall–Kier alpha value is -4.66. The van der Waals surface area contributed by atoms with E-state index in [0.717, 1.165) is 70.3 Å². The van der Waals surface area contributed by atoms with Crippen LogP contribution in [0.3, 0.4) is 0 Å². The Balaban J connectivity index is 1.29. The molecule has 224 valence electrons. The van der Waals surface area contributed by atoms with E-state index >= 15 is 0 Å². The van der Waals surface area contributed by atoms with Gasteiger partial charge in [-0.25, -0.2) is 4.99 Å².